The molecule has 0 unspecified atom stereocenters. The molecule has 1 N–H and O–H groups in total. The van der Waals surface area contributed by atoms with Crippen molar-refractivity contribution in [3.05, 3.63) is 27.4 Å². The van der Waals surface area contributed by atoms with Gasteiger partial charge in [-0.25, -0.2) is 4.68 Å². The average Bonchev–Trinajstić information content (AvgIpc) is 2.64. The number of tetrazole rings is 1. The number of halogens is 1. The average molecular weight is 287 g/mol. The second-order valence-corrected chi connectivity index (χ2v) is 4.01. The second kappa shape index (κ2) is 4.11. The first-order chi connectivity index (χ1) is 7.22. The quantitative estimate of drug-likeness (QED) is 0.859. The summed E-state index contributed by atoms with van der Waals surface area (Å²) in [6.07, 6.45) is 0. The summed E-state index contributed by atoms with van der Waals surface area (Å²) in [5.41, 5.74) is 0.766. The predicted molar refractivity (Wildman–Crippen MR) is 60.8 cm³/mol. The molecule has 0 saturated carbocycles. The van der Waals surface area contributed by atoms with E-state index in [4.69, 9.17) is 17.0 Å². The molecule has 1 aromatic heterocycles. The Morgan fingerprint density at radius 3 is 2.93 bits per heavy atom. The molecule has 1 heterocycles. The Kier molecular flexibility index (Phi) is 2.83. The number of H-pyrrole nitrogens is 1. The van der Waals surface area contributed by atoms with E-state index < -0.39 is 0 Å². The maximum absolute atomic E-state index is 5.22. The first-order valence-corrected chi connectivity index (χ1v) is 5.26. The van der Waals surface area contributed by atoms with Gasteiger partial charge in [0.15, 0.2) is 0 Å². The molecule has 7 heteroatoms. The molecular formula is C8H7BrN4OS. The molecule has 0 amide bonds. The van der Waals surface area contributed by atoms with E-state index in [0.29, 0.717) is 10.5 Å². The normalized spacial score (nSPS) is 10.3. The molecular weight excluding hydrogens is 280 g/mol. The van der Waals surface area contributed by atoms with Gasteiger partial charge in [0.05, 0.1) is 7.11 Å². The zero-order valence-corrected chi connectivity index (χ0v) is 10.2. The lowest BCUT2D eigenvalue weighted by Gasteiger charge is -2.07. The van der Waals surface area contributed by atoms with Crippen LogP contribution in [0.25, 0.3) is 5.69 Å². The maximum atomic E-state index is 5.22. The number of aromatic nitrogens is 4. The van der Waals surface area contributed by atoms with Crippen molar-refractivity contribution in [2.24, 2.45) is 0 Å². The molecule has 0 radical (unpaired) electrons. The molecule has 0 aliphatic carbocycles. The van der Waals surface area contributed by atoms with Gasteiger partial charge in [-0.2, -0.15) is 5.21 Å². The van der Waals surface area contributed by atoms with Gasteiger partial charge >= 0.3 is 0 Å². The lowest BCUT2D eigenvalue weighted by Crippen LogP contribution is -2.00. The number of aromatic amines is 1. The highest BCUT2D eigenvalue weighted by Crippen LogP contribution is 2.25. The summed E-state index contributed by atoms with van der Waals surface area (Å²) in [5.74, 6) is 0.695. The molecule has 0 fully saturated rings. The van der Waals surface area contributed by atoms with Crippen molar-refractivity contribution in [2.45, 2.75) is 0 Å². The van der Waals surface area contributed by atoms with E-state index in [1.165, 1.54) is 0 Å². The molecule has 0 bridgehead atoms. The minimum atomic E-state index is 0.353. The van der Waals surface area contributed by atoms with Crippen molar-refractivity contribution >= 4 is 28.1 Å². The van der Waals surface area contributed by atoms with Crippen LogP contribution in [0.2, 0.25) is 0 Å². The van der Waals surface area contributed by atoms with E-state index in [2.05, 4.69) is 31.5 Å². The number of rotatable bonds is 2. The van der Waals surface area contributed by atoms with Gasteiger partial charge in [0.2, 0.25) is 4.77 Å². The Bertz CT molecular complexity index is 535. The van der Waals surface area contributed by atoms with Crippen molar-refractivity contribution in [3.63, 3.8) is 0 Å². The van der Waals surface area contributed by atoms with E-state index in [-0.39, 0.29) is 0 Å². The minimum absolute atomic E-state index is 0.353. The fourth-order valence-corrected chi connectivity index (χ4v) is 1.72. The van der Waals surface area contributed by atoms with Crippen LogP contribution in [0.15, 0.2) is 22.7 Å². The highest BCUT2D eigenvalue weighted by atomic mass is 79.9. The van der Waals surface area contributed by atoms with E-state index in [1.807, 2.05) is 18.2 Å². The Morgan fingerprint density at radius 2 is 2.33 bits per heavy atom. The molecule has 15 heavy (non-hydrogen) atoms. The highest BCUT2D eigenvalue weighted by molar-refractivity contribution is 9.10. The summed E-state index contributed by atoms with van der Waals surface area (Å²) in [6, 6.07) is 5.59. The van der Waals surface area contributed by atoms with Gasteiger partial charge in [0.25, 0.3) is 0 Å². The number of ether oxygens (including phenoxy) is 1. The molecule has 1 aromatic carbocycles. The van der Waals surface area contributed by atoms with E-state index in [0.717, 1.165) is 10.2 Å². The van der Waals surface area contributed by atoms with Crippen molar-refractivity contribution < 1.29 is 4.74 Å². The van der Waals surface area contributed by atoms with Crippen LogP contribution < -0.4 is 4.74 Å². The Balaban J connectivity index is 2.66. The molecule has 0 aliphatic rings. The fourth-order valence-electron chi connectivity index (χ4n) is 1.19. The smallest absolute Gasteiger partial charge is 0.243 e. The highest BCUT2D eigenvalue weighted by Gasteiger charge is 2.07. The zero-order valence-electron chi connectivity index (χ0n) is 7.77. The molecule has 0 spiro atoms. The summed E-state index contributed by atoms with van der Waals surface area (Å²) in [6.45, 7) is 0. The first-order valence-electron chi connectivity index (χ1n) is 4.06. The van der Waals surface area contributed by atoms with Gasteiger partial charge in [0.1, 0.15) is 11.4 Å². The summed E-state index contributed by atoms with van der Waals surface area (Å²) >= 11 is 8.38. The van der Waals surface area contributed by atoms with Crippen molar-refractivity contribution in [2.75, 3.05) is 7.11 Å². The summed E-state index contributed by atoms with van der Waals surface area (Å²) in [5, 5.41) is 9.99. The number of methoxy groups -OCH3 is 1. The van der Waals surface area contributed by atoms with Gasteiger partial charge in [-0.1, -0.05) is 26.2 Å². The fraction of sp³-hybridized carbons (Fsp3) is 0.125. The van der Waals surface area contributed by atoms with Crippen LogP contribution in [-0.4, -0.2) is 27.3 Å². The number of hydrogen-bond donors (Lipinski definition) is 1. The van der Waals surface area contributed by atoms with Crippen LogP contribution in [0.5, 0.6) is 5.75 Å². The van der Waals surface area contributed by atoms with Crippen LogP contribution in [0.4, 0.5) is 0 Å². The van der Waals surface area contributed by atoms with Crippen LogP contribution in [0.1, 0.15) is 0 Å². The zero-order chi connectivity index (χ0) is 10.8. The predicted octanol–water partition coefficient (Wildman–Crippen LogP) is 2.10. The van der Waals surface area contributed by atoms with E-state index in [9.17, 15) is 0 Å². The molecule has 0 atom stereocenters. The Morgan fingerprint density at radius 1 is 1.53 bits per heavy atom. The summed E-state index contributed by atoms with van der Waals surface area (Å²) < 4.78 is 8.06. The van der Waals surface area contributed by atoms with Crippen molar-refractivity contribution in [3.8, 4) is 11.4 Å². The maximum Gasteiger partial charge on any atom is 0.243 e. The minimum Gasteiger partial charge on any atom is -0.494 e. The van der Waals surface area contributed by atoms with E-state index >= 15 is 0 Å². The third-order valence-corrected chi connectivity index (χ3v) is 2.61. The third kappa shape index (κ3) is 1.93. The molecule has 2 aromatic rings. The van der Waals surface area contributed by atoms with Crippen molar-refractivity contribution in [1.29, 1.82) is 0 Å². The number of nitrogens with one attached hydrogen (secondary N) is 1. The van der Waals surface area contributed by atoms with Crippen LogP contribution in [0.3, 0.4) is 0 Å². The largest absolute Gasteiger partial charge is 0.494 e. The van der Waals surface area contributed by atoms with E-state index in [1.54, 1.807) is 11.8 Å². The third-order valence-electron chi connectivity index (χ3n) is 1.85. The van der Waals surface area contributed by atoms with Gasteiger partial charge in [0, 0.05) is 4.47 Å². The Labute approximate surface area is 99.2 Å². The van der Waals surface area contributed by atoms with Gasteiger partial charge in [-0.3, -0.25) is 0 Å². The SMILES string of the molecule is COc1ccc(Br)cc1-n1[nH]nnc1=S. The lowest BCUT2D eigenvalue weighted by molar-refractivity contribution is 0.411. The van der Waals surface area contributed by atoms with Crippen LogP contribution in [0, 0.1) is 4.77 Å². The van der Waals surface area contributed by atoms with Crippen molar-refractivity contribution in [1.82, 2.24) is 20.2 Å². The summed E-state index contributed by atoms with van der Waals surface area (Å²) in [4.78, 5) is 0. The topological polar surface area (TPSA) is 55.7 Å². The monoisotopic (exact) mass is 286 g/mol. The molecule has 0 aliphatic heterocycles. The molecule has 78 valence electrons. The van der Waals surface area contributed by atoms with Crippen LogP contribution in [-0.2, 0) is 0 Å². The number of nitrogens with zero attached hydrogens (tertiary/aromatic N) is 3. The number of hydrogen-bond acceptors (Lipinski definition) is 4. The Hall–Kier alpha value is -1.21. The standard InChI is InChI=1S/C8H7BrN4OS/c1-14-7-3-2-5(9)4-6(7)13-8(15)10-11-12-13/h2-4H,1H3,(H,10,12,15). The van der Waals surface area contributed by atoms with Gasteiger partial charge < -0.3 is 4.74 Å². The van der Waals surface area contributed by atoms with Gasteiger partial charge in [-0.15, -0.1) is 0 Å². The molecule has 0 saturated heterocycles. The number of benzene rings is 1. The van der Waals surface area contributed by atoms with Gasteiger partial charge in [-0.05, 0) is 30.4 Å². The first kappa shape index (κ1) is 10.3. The molecule has 2 rings (SSSR count). The summed E-state index contributed by atoms with van der Waals surface area (Å²) in [7, 11) is 1.60. The van der Waals surface area contributed by atoms with Crippen LogP contribution >= 0.6 is 28.1 Å². The second-order valence-electron chi connectivity index (χ2n) is 2.73. The lowest BCUT2D eigenvalue weighted by atomic mass is 10.3. The molecule has 5 nitrogen and oxygen atoms in total.